The Hall–Kier alpha value is -2.51. The Morgan fingerprint density at radius 3 is 2.88 bits per heavy atom. The number of nitrogens with one attached hydrogen (secondary N) is 1. The zero-order chi connectivity index (χ0) is 17.3. The number of piperidine rings is 1. The maximum absolute atomic E-state index is 14.3. The van der Waals surface area contributed by atoms with Crippen molar-refractivity contribution in [2.24, 2.45) is 7.05 Å². The molecule has 7 nitrogen and oxygen atoms in total. The molecule has 3 rings (SSSR count). The lowest BCUT2D eigenvalue weighted by Gasteiger charge is -2.32. The number of carbonyl (C=O) groups is 1. The van der Waals surface area contributed by atoms with E-state index in [9.17, 15) is 9.18 Å². The first-order valence-electron chi connectivity index (χ1n) is 8.09. The monoisotopic (exact) mass is 332 g/mol. The summed E-state index contributed by atoms with van der Waals surface area (Å²) in [5.74, 6) is 0.256. The van der Waals surface area contributed by atoms with Crippen molar-refractivity contribution >= 4 is 17.5 Å². The van der Waals surface area contributed by atoms with Crippen molar-refractivity contribution in [1.29, 1.82) is 0 Å². The molecular formula is C16H21FN6O. The van der Waals surface area contributed by atoms with Crippen molar-refractivity contribution in [3.8, 4) is 0 Å². The van der Waals surface area contributed by atoms with E-state index in [1.807, 2.05) is 27.0 Å². The topological polar surface area (TPSA) is 75.9 Å². The molecule has 24 heavy (non-hydrogen) atoms. The fourth-order valence-electron chi connectivity index (χ4n) is 3.00. The lowest BCUT2D eigenvalue weighted by atomic mass is 10.0. The Bertz CT molecular complexity index is 759. The highest BCUT2D eigenvalue weighted by molar-refractivity contribution is 5.98. The van der Waals surface area contributed by atoms with Gasteiger partial charge < -0.3 is 5.32 Å². The zero-order valence-corrected chi connectivity index (χ0v) is 14.1. The van der Waals surface area contributed by atoms with Gasteiger partial charge in [-0.15, -0.1) is 0 Å². The number of aromatic nitrogens is 4. The average Bonchev–Trinajstić information content (AvgIpc) is 2.89. The van der Waals surface area contributed by atoms with Crippen LogP contribution in [-0.2, 0) is 18.3 Å². The minimum atomic E-state index is -0.511. The highest BCUT2D eigenvalue weighted by Gasteiger charge is 2.32. The molecule has 1 N–H and O–H groups in total. The Morgan fingerprint density at radius 2 is 2.21 bits per heavy atom. The predicted octanol–water partition coefficient (Wildman–Crippen LogP) is 1.83. The van der Waals surface area contributed by atoms with E-state index in [1.165, 1.54) is 6.33 Å². The first kappa shape index (κ1) is 16.4. The molecule has 0 saturated carbocycles. The van der Waals surface area contributed by atoms with Crippen LogP contribution in [0.15, 0.2) is 12.4 Å². The van der Waals surface area contributed by atoms with Gasteiger partial charge in [0.1, 0.15) is 18.2 Å². The molecule has 2 aromatic rings. The second-order valence-corrected chi connectivity index (χ2v) is 5.93. The Morgan fingerprint density at radius 1 is 1.42 bits per heavy atom. The zero-order valence-electron chi connectivity index (χ0n) is 14.1. The minimum absolute atomic E-state index is 0.0863. The van der Waals surface area contributed by atoms with E-state index in [1.54, 1.807) is 9.58 Å². The van der Waals surface area contributed by atoms with Crippen LogP contribution in [0.2, 0.25) is 0 Å². The van der Waals surface area contributed by atoms with Crippen molar-refractivity contribution in [2.75, 3.05) is 16.8 Å². The van der Waals surface area contributed by atoms with Crippen LogP contribution in [-0.4, -0.2) is 38.2 Å². The average molecular weight is 332 g/mol. The maximum atomic E-state index is 14.3. The van der Waals surface area contributed by atoms with Gasteiger partial charge in [0.05, 0.1) is 11.4 Å². The predicted molar refractivity (Wildman–Crippen MR) is 88.3 cm³/mol. The number of anilines is 2. The number of amides is 1. The van der Waals surface area contributed by atoms with Crippen molar-refractivity contribution in [3.05, 3.63) is 29.6 Å². The van der Waals surface area contributed by atoms with Gasteiger partial charge in [-0.25, -0.2) is 14.4 Å². The second kappa shape index (κ2) is 6.54. The molecular weight excluding hydrogens is 311 g/mol. The van der Waals surface area contributed by atoms with Crippen LogP contribution in [0.1, 0.15) is 31.2 Å². The van der Waals surface area contributed by atoms with Gasteiger partial charge in [0.15, 0.2) is 11.6 Å². The number of carbonyl (C=O) groups excluding carboxylic acids is 1. The summed E-state index contributed by atoms with van der Waals surface area (Å²) in [6.45, 7) is 4.34. The lowest BCUT2D eigenvalue weighted by Crippen LogP contribution is -2.48. The van der Waals surface area contributed by atoms with Crippen molar-refractivity contribution < 1.29 is 9.18 Å². The summed E-state index contributed by atoms with van der Waals surface area (Å²) in [6, 6.07) is 1.36. The van der Waals surface area contributed by atoms with Gasteiger partial charge in [-0.05, 0) is 26.2 Å². The number of rotatable bonds is 4. The summed E-state index contributed by atoms with van der Waals surface area (Å²) in [7, 11) is 1.81. The molecule has 0 bridgehead atoms. The molecule has 1 amide bonds. The molecule has 8 heteroatoms. The van der Waals surface area contributed by atoms with Crippen LogP contribution >= 0.6 is 0 Å². The van der Waals surface area contributed by atoms with E-state index in [0.29, 0.717) is 25.1 Å². The summed E-state index contributed by atoms with van der Waals surface area (Å²) in [5.41, 5.74) is 1.19. The normalized spacial score (nSPS) is 18.1. The molecule has 1 atom stereocenters. The SMILES string of the molecule is CCc1ncnc(NC2CCCN(c3cc(C)nn3C)C2=O)c1F. The summed E-state index contributed by atoms with van der Waals surface area (Å²) >= 11 is 0. The fourth-order valence-corrected chi connectivity index (χ4v) is 3.00. The van der Waals surface area contributed by atoms with E-state index in [4.69, 9.17) is 0 Å². The molecule has 0 aliphatic carbocycles. The van der Waals surface area contributed by atoms with Gasteiger partial charge in [0.2, 0.25) is 0 Å². The molecule has 0 aromatic carbocycles. The molecule has 2 aromatic heterocycles. The molecule has 128 valence electrons. The van der Waals surface area contributed by atoms with Gasteiger partial charge in [0, 0.05) is 19.7 Å². The van der Waals surface area contributed by atoms with Crippen LogP contribution in [0.5, 0.6) is 0 Å². The third-order valence-electron chi connectivity index (χ3n) is 4.20. The van der Waals surface area contributed by atoms with Crippen molar-refractivity contribution in [1.82, 2.24) is 19.7 Å². The van der Waals surface area contributed by atoms with Gasteiger partial charge >= 0.3 is 0 Å². The number of hydrogen-bond acceptors (Lipinski definition) is 5. The quantitative estimate of drug-likeness (QED) is 0.924. The van der Waals surface area contributed by atoms with E-state index < -0.39 is 11.9 Å². The third kappa shape index (κ3) is 2.95. The summed E-state index contributed by atoms with van der Waals surface area (Å²) in [5, 5.41) is 7.24. The van der Waals surface area contributed by atoms with Gasteiger partial charge in [-0.1, -0.05) is 6.92 Å². The van der Waals surface area contributed by atoms with Gasteiger partial charge in [0.25, 0.3) is 5.91 Å². The Labute approximate surface area is 139 Å². The summed E-state index contributed by atoms with van der Waals surface area (Å²) < 4.78 is 16.0. The molecule has 1 aliphatic rings. The highest BCUT2D eigenvalue weighted by Crippen LogP contribution is 2.24. The van der Waals surface area contributed by atoms with Crippen LogP contribution in [0.4, 0.5) is 16.0 Å². The maximum Gasteiger partial charge on any atom is 0.250 e. The first-order valence-corrected chi connectivity index (χ1v) is 8.09. The van der Waals surface area contributed by atoms with Crippen molar-refractivity contribution in [2.45, 2.75) is 39.2 Å². The van der Waals surface area contributed by atoms with Crippen LogP contribution in [0.3, 0.4) is 0 Å². The third-order valence-corrected chi connectivity index (χ3v) is 4.20. The molecule has 1 fully saturated rings. The number of halogens is 1. The molecule has 1 saturated heterocycles. The first-order chi connectivity index (χ1) is 11.5. The number of nitrogens with zero attached hydrogens (tertiary/aromatic N) is 5. The fraction of sp³-hybridized carbons (Fsp3) is 0.500. The highest BCUT2D eigenvalue weighted by atomic mass is 19.1. The van der Waals surface area contributed by atoms with Crippen LogP contribution in [0.25, 0.3) is 0 Å². The van der Waals surface area contributed by atoms with Gasteiger partial charge in [-0.2, -0.15) is 5.10 Å². The largest absolute Gasteiger partial charge is 0.356 e. The summed E-state index contributed by atoms with van der Waals surface area (Å²) in [6.07, 6.45) is 3.25. The number of hydrogen-bond donors (Lipinski definition) is 1. The molecule has 0 radical (unpaired) electrons. The van der Waals surface area contributed by atoms with E-state index in [2.05, 4.69) is 20.4 Å². The summed E-state index contributed by atoms with van der Waals surface area (Å²) in [4.78, 5) is 22.4. The van der Waals surface area contributed by atoms with E-state index in [0.717, 1.165) is 17.9 Å². The lowest BCUT2D eigenvalue weighted by molar-refractivity contribution is -0.120. The minimum Gasteiger partial charge on any atom is -0.356 e. The molecule has 3 heterocycles. The second-order valence-electron chi connectivity index (χ2n) is 5.93. The van der Waals surface area contributed by atoms with Crippen LogP contribution in [0, 0.1) is 12.7 Å². The molecule has 0 spiro atoms. The van der Waals surface area contributed by atoms with Gasteiger partial charge in [-0.3, -0.25) is 14.4 Å². The van der Waals surface area contributed by atoms with E-state index >= 15 is 0 Å². The Kier molecular flexibility index (Phi) is 4.46. The smallest absolute Gasteiger partial charge is 0.250 e. The van der Waals surface area contributed by atoms with E-state index in [-0.39, 0.29) is 11.7 Å². The number of aryl methyl sites for hydroxylation is 3. The Balaban J connectivity index is 1.82. The molecule has 1 aliphatic heterocycles. The molecule has 1 unspecified atom stereocenters. The van der Waals surface area contributed by atoms with Crippen LogP contribution < -0.4 is 10.2 Å². The standard InChI is InChI=1S/C16H21FN6O/c1-4-11-14(17)15(19-9-18-11)20-12-6-5-7-23(16(12)24)13-8-10(2)21-22(13)3/h8-9,12H,4-7H2,1-3H3,(H,18,19,20). The van der Waals surface area contributed by atoms with Crippen molar-refractivity contribution in [3.63, 3.8) is 0 Å².